The van der Waals surface area contributed by atoms with Gasteiger partial charge >= 0.3 is 0 Å². The van der Waals surface area contributed by atoms with Crippen molar-refractivity contribution in [3.63, 3.8) is 0 Å². The maximum absolute atomic E-state index is 9.73. The van der Waals surface area contributed by atoms with Gasteiger partial charge in [0.2, 0.25) is 0 Å². The molecule has 0 amide bonds. The Balaban J connectivity index is 3.06. The fourth-order valence-electron chi connectivity index (χ4n) is 1.29. The van der Waals surface area contributed by atoms with E-state index in [1.807, 2.05) is 0 Å². The first-order chi connectivity index (χ1) is 7.61. The van der Waals surface area contributed by atoms with Crippen LogP contribution in [0.4, 0.5) is 0 Å². The molecule has 0 aliphatic rings. The fraction of sp³-hybridized carbons (Fsp3) is 0.364. The SMILES string of the molecule is CCOc1cccc(C(O)C(O)C#N)c1O. The van der Waals surface area contributed by atoms with E-state index in [4.69, 9.17) is 15.1 Å². The molecule has 0 aliphatic heterocycles. The van der Waals surface area contributed by atoms with E-state index in [-0.39, 0.29) is 17.1 Å². The minimum atomic E-state index is -1.58. The number of nitrogens with zero attached hydrogens (tertiary/aromatic N) is 1. The first-order valence-corrected chi connectivity index (χ1v) is 4.82. The Kier molecular flexibility index (Phi) is 4.11. The van der Waals surface area contributed by atoms with Crippen molar-refractivity contribution in [3.05, 3.63) is 23.8 Å². The molecule has 0 saturated heterocycles. The van der Waals surface area contributed by atoms with E-state index >= 15 is 0 Å². The number of phenolic OH excluding ortho intramolecular Hbond substituents is 1. The highest BCUT2D eigenvalue weighted by molar-refractivity contribution is 5.47. The lowest BCUT2D eigenvalue weighted by Crippen LogP contribution is -2.16. The fourth-order valence-corrected chi connectivity index (χ4v) is 1.29. The van der Waals surface area contributed by atoms with Crippen molar-refractivity contribution in [1.82, 2.24) is 0 Å². The van der Waals surface area contributed by atoms with Crippen LogP contribution in [0.15, 0.2) is 18.2 Å². The van der Waals surface area contributed by atoms with Crippen molar-refractivity contribution in [3.8, 4) is 17.6 Å². The second-order valence-corrected chi connectivity index (χ2v) is 3.15. The Morgan fingerprint density at radius 2 is 2.12 bits per heavy atom. The highest BCUT2D eigenvalue weighted by Gasteiger charge is 2.22. The van der Waals surface area contributed by atoms with Crippen LogP contribution in [0.2, 0.25) is 0 Å². The molecule has 5 nitrogen and oxygen atoms in total. The maximum Gasteiger partial charge on any atom is 0.170 e. The maximum atomic E-state index is 9.73. The van der Waals surface area contributed by atoms with Crippen molar-refractivity contribution >= 4 is 0 Å². The average molecular weight is 223 g/mol. The summed E-state index contributed by atoms with van der Waals surface area (Å²) in [7, 11) is 0. The van der Waals surface area contributed by atoms with Gasteiger partial charge in [-0.2, -0.15) is 5.26 Å². The zero-order valence-electron chi connectivity index (χ0n) is 8.79. The molecule has 0 radical (unpaired) electrons. The second kappa shape index (κ2) is 5.35. The summed E-state index contributed by atoms with van der Waals surface area (Å²) in [6.45, 7) is 2.13. The molecule has 1 rings (SSSR count). The van der Waals surface area contributed by atoms with Crippen LogP contribution in [0.5, 0.6) is 11.5 Å². The van der Waals surface area contributed by atoms with E-state index < -0.39 is 12.2 Å². The molecule has 1 aromatic carbocycles. The Bertz CT molecular complexity index is 399. The third kappa shape index (κ3) is 2.42. The standard InChI is InChI=1S/C11H13NO4/c1-2-16-9-5-3-4-7(11(9)15)10(14)8(13)6-12/h3-5,8,10,13-15H,2H2,1H3. The van der Waals surface area contributed by atoms with Gasteiger partial charge in [-0.25, -0.2) is 0 Å². The van der Waals surface area contributed by atoms with E-state index in [0.29, 0.717) is 6.61 Å². The van der Waals surface area contributed by atoms with Gasteiger partial charge in [0.15, 0.2) is 17.6 Å². The van der Waals surface area contributed by atoms with E-state index in [9.17, 15) is 10.2 Å². The van der Waals surface area contributed by atoms with Crippen LogP contribution in [0.1, 0.15) is 18.6 Å². The van der Waals surface area contributed by atoms with Crippen LogP contribution in [0, 0.1) is 11.3 Å². The quantitative estimate of drug-likeness (QED) is 0.653. The van der Waals surface area contributed by atoms with Crippen molar-refractivity contribution in [2.75, 3.05) is 6.61 Å². The van der Waals surface area contributed by atoms with Crippen LogP contribution in [0.25, 0.3) is 0 Å². The third-order valence-corrected chi connectivity index (χ3v) is 2.08. The van der Waals surface area contributed by atoms with Crippen LogP contribution in [0.3, 0.4) is 0 Å². The van der Waals surface area contributed by atoms with Gasteiger partial charge in [-0.15, -0.1) is 0 Å². The predicted molar refractivity (Wildman–Crippen MR) is 55.9 cm³/mol. The molecule has 2 unspecified atom stereocenters. The molecular weight excluding hydrogens is 210 g/mol. The van der Waals surface area contributed by atoms with Gasteiger partial charge in [0.05, 0.1) is 12.7 Å². The van der Waals surface area contributed by atoms with E-state index in [1.54, 1.807) is 13.0 Å². The lowest BCUT2D eigenvalue weighted by molar-refractivity contribution is 0.0508. The van der Waals surface area contributed by atoms with Crippen molar-refractivity contribution in [2.24, 2.45) is 0 Å². The molecule has 0 aromatic heterocycles. The number of ether oxygens (including phenoxy) is 1. The summed E-state index contributed by atoms with van der Waals surface area (Å²) in [5.74, 6) is -0.0460. The van der Waals surface area contributed by atoms with E-state index in [1.165, 1.54) is 18.2 Å². The number of hydrogen-bond donors (Lipinski definition) is 3. The number of para-hydroxylation sites is 1. The average Bonchev–Trinajstić information content (AvgIpc) is 2.30. The minimum absolute atomic E-state index is 0.0694. The summed E-state index contributed by atoms with van der Waals surface area (Å²) in [4.78, 5) is 0. The lowest BCUT2D eigenvalue weighted by atomic mass is 10.0. The number of benzene rings is 1. The summed E-state index contributed by atoms with van der Waals surface area (Å²) in [6.07, 6.45) is -3.03. The van der Waals surface area contributed by atoms with E-state index in [0.717, 1.165) is 0 Å². The van der Waals surface area contributed by atoms with Crippen LogP contribution in [-0.4, -0.2) is 28.0 Å². The molecule has 0 saturated carbocycles. The number of aliphatic hydroxyl groups excluding tert-OH is 2. The molecule has 0 bridgehead atoms. The van der Waals surface area contributed by atoms with Crippen molar-refractivity contribution in [1.29, 1.82) is 5.26 Å². The molecule has 1 aromatic rings. The van der Waals surface area contributed by atoms with Gasteiger partial charge in [-0.1, -0.05) is 12.1 Å². The van der Waals surface area contributed by atoms with Gasteiger partial charge < -0.3 is 20.1 Å². The van der Waals surface area contributed by atoms with Gasteiger partial charge in [-0.3, -0.25) is 0 Å². The number of aliphatic hydroxyl groups is 2. The predicted octanol–water partition coefficient (Wildman–Crippen LogP) is 0.709. The zero-order chi connectivity index (χ0) is 12.1. The Hall–Kier alpha value is -1.77. The van der Waals surface area contributed by atoms with E-state index in [2.05, 4.69) is 0 Å². The lowest BCUT2D eigenvalue weighted by Gasteiger charge is -2.15. The number of aromatic hydroxyl groups is 1. The highest BCUT2D eigenvalue weighted by atomic mass is 16.5. The molecule has 0 aliphatic carbocycles. The Morgan fingerprint density at radius 1 is 1.44 bits per heavy atom. The van der Waals surface area contributed by atoms with Crippen molar-refractivity contribution < 1.29 is 20.1 Å². The summed E-state index contributed by atoms with van der Waals surface area (Å²) in [5.41, 5.74) is 0.0694. The molecule has 16 heavy (non-hydrogen) atoms. The summed E-state index contributed by atoms with van der Waals surface area (Å²) < 4.78 is 5.12. The summed E-state index contributed by atoms with van der Waals surface area (Å²) in [6, 6.07) is 6.01. The van der Waals surface area contributed by atoms with Gasteiger partial charge in [0.1, 0.15) is 6.10 Å². The van der Waals surface area contributed by atoms with Crippen LogP contribution in [-0.2, 0) is 0 Å². The van der Waals surface area contributed by atoms with Crippen LogP contribution >= 0.6 is 0 Å². The smallest absolute Gasteiger partial charge is 0.170 e. The molecule has 5 heteroatoms. The number of hydrogen-bond acceptors (Lipinski definition) is 5. The van der Waals surface area contributed by atoms with Gasteiger partial charge in [-0.05, 0) is 13.0 Å². The topological polar surface area (TPSA) is 93.7 Å². The molecular formula is C11H13NO4. The summed E-state index contributed by atoms with van der Waals surface area (Å²) >= 11 is 0. The molecule has 2 atom stereocenters. The van der Waals surface area contributed by atoms with Crippen LogP contribution < -0.4 is 4.74 Å². The number of phenols is 1. The molecule has 0 heterocycles. The largest absolute Gasteiger partial charge is 0.504 e. The first-order valence-electron chi connectivity index (χ1n) is 4.82. The van der Waals surface area contributed by atoms with Gasteiger partial charge in [0, 0.05) is 5.56 Å². The molecule has 86 valence electrons. The molecule has 3 N–H and O–H groups in total. The number of rotatable bonds is 4. The monoisotopic (exact) mass is 223 g/mol. The third-order valence-electron chi connectivity index (χ3n) is 2.08. The zero-order valence-corrected chi connectivity index (χ0v) is 8.79. The highest BCUT2D eigenvalue weighted by Crippen LogP contribution is 2.34. The molecule has 0 spiro atoms. The second-order valence-electron chi connectivity index (χ2n) is 3.15. The first kappa shape index (κ1) is 12.3. The normalized spacial score (nSPS) is 13.9. The van der Waals surface area contributed by atoms with Crippen molar-refractivity contribution in [2.45, 2.75) is 19.1 Å². The number of nitriles is 1. The Labute approximate surface area is 93.1 Å². The molecule has 0 fully saturated rings. The minimum Gasteiger partial charge on any atom is -0.504 e. The summed E-state index contributed by atoms with van der Waals surface area (Å²) in [5, 5.41) is 36.9. The Morgan fingerprint density at radius 3 is 2.69 bits per heavy atom. The van der Waals surface area contributed by atoms with Gasteiger partial charge in [0.25, 0.3) is 0 Å².